The van der Waals surface area contributed by atoms with E-state index in [9.17, 15) is 14.9 Å². The first kappa shape index (κ1) is 18.7. The lowest BCUT2D eigenvalue weighted by Crippen LogP contribution is -2.30. The average molecular weight is 409 g/mol. The zero-order chi connectivity index (χ0) is 18.6. The van der Waals surface area contributed by atoms with Gasteiger partial charge < -0.3 is 14.8 Å². The standard InChI is InChI=1S/C17H17BrN2O5/c1-10-4-6-14(13(18)8-10)19-17(21)11(2)25-16-7-5-12(24-3)9-15(16)20(22)23/h4-9,11H,1-3H3,(H,19,21)/t11-/m0/s1. The van der Waals surface area contributed by atoms with Crippen molar-refractivity contribution >= 4 is 33.2 Å². The summed E-state index contributed by atoms with van der Waals surface area (Å²) in [7, 11) is 1.41. The Morgan fingerprint density at radius 2 is 2.00 bits per heavy atom. The van der Waals surface area contributed by atoms with E-state index in [1.54, 1.807) is 6.07 Å². The molecule has 1 N–H and O–H groups in total. The molecule has 0 aliphatic heterocycles. The molecule has 7 nitrogen and oxygen atoms in total. The maximum Gasteiger partial charge on any atom is 0.314 e. The number of carbonyl (C=O) groups excluding carboxylic acids is 1. The van der Waals surface area contributed by atoms with Gasteiger partial charge in [-0.1, -0.05) is 6.07 Å². The molecule has 0 fully saturated rings. The van der Waals surface area contributed by atoms with E-state index < -0.39 is 16.9 Å². The SMILES string of the molecule is COc1ccc(O[C@@H](C)C(=O)Nc2ccc(C)cc2Br)c([N+](=O)[O-])c1. The molecule has 0 saturated carbocycles. The Bertz CT molecular complexity index is 810. The average Bonchev–Trinajstić information content (AvgIpc) is 2.57. The maximum atomic E-state index is 12.3. The highest BCUT2D eigenvalue weighted by molar-refractivity contribution is 9.10. The molecule has 2 aromatic rings. The summed E-state index contributed by atoms with van der Waals surface area (Å²) in [5.74, 6) is -0.0918. The van der Waals surface area contributed by atoms with Gasteiger partial charge >= 0.3 is 5.69 Å². The highest BCUT2D eigenvalue weighted by atomic mass is 79.9. The molecule has 0 aromatic heterocycles. The number of rotatable bonds is 6. The van der Waals surface area contributed by atoms with Gasteiger partial charge in [-0.05, 0) is 59.6 Å². The molecule has 132 valence electrons. The van der Waals surface area contributed by atoms with Gasteiger partial charge in [0.2, 0.25) is 0 Å². The summed E-state index contributed by atoms with van der Waals surface area (Å²) in [6.07, 6.45) is -0.930. The van der Waals surface area contributed by atoms with Crippen LogP contribution in [0, 0.1) is 17.0 Å². The number of nitrogens with one attached hydrogen (secondary N) is 1. The summed E-state index contributed by atoms with van der Waals surface area (Å²) in [6.45, 7) is 3.45. The molecule has 0 spiro atoms. The fourth-order valence-corrected chi connectivity index (χ4v) is 2.66. The smallest absolute Gasteiger partial charge is 0.314 e. The van der Waals surface area contributed by atoms with Crippen molar-refractivity contribution in [2.75, 3.05) is 12.4 Å². The Hall–Kier alpha value is -2.61. The van der Waals surface area contributed by atoms with E-state index in [1.807, 2.05) is 19.1 Å². The molecule has 0 aliphatic carbocycles. The monoisotopic (exact) mass is 408 g/mol. The number of amides is 1. The Labute approximate surface area is 153 Å². The molecular weight excluding hydrogens is 392 g/mol. The van der Waals surface area contributed by atoms with Crippen molar-refractivity contribution in [3.63, 3.8) is 0 Å². The molecule has 2 aromatic carbocycles. The van der Waals surface area contributed by atoms with Crippen LogP contribution in [0.4, 0.5) is 11.4 Å². The largest absolute Gasteiger partial charge is 0.496 e. The summed E-state index contributed by atoms with van der Waals surface area (Å²) in [5, 5.41) is 13.9. The predicted molar refractivity (Wildman–Crippen MR) is 97.2 cm³/mol. The van der Waals surface area contributed by atoms with Crippen LogP contribution in [0.3, 0.4) is 0 Å². The second-order valence-corrected chi connectivity index (χ2v) is 6.18. The number of methoxy groups -OCH3 is 1. The van der Waals surface area contributed by atoms with Crippen molar-refractivity contribution in [1.29, 1.82) is 0 Å². The first-order chi connectivity index (χ1) is 11.8. The van der Waals surface area contributed by atoms with Crippen LogP contribution in [0.1, 0.15) is 12.5 Å². The fourth-order valence-electron chi connectivity index (χ4n) is 2.07. The molecular formula is C17H17BrN2O5. The van der Waals surface area contributed by atoms with Gasteiger partial charge in [0.15, 0.2) is 11.9 Å². The molecule has 1 amide bonds. The number of ether oxygens (including phenoxy) is 2. The molecule has 0 bridgehead atoms. The number of aryl methyl sites for hydroxylation is 1. The predicted octanol–water partition coefficient (Wildman–Crippen LogP) is 4.08. The molecule has 25 heavy (non-hydrogen) atoms. The third kappa shape index (κ3) is 4.69. The van der Waals surface area contributed by atoms with Crippen LogP contribution in [0.2, 0.25) is 0 Å². The van der Waals surface area contributed by atoms with Gasteiger partial charge in [0, 0.05) is 4.47 Å². The number of anilines is 1. The van der Waals surface area contributed by atoms with Crippen LogP contribution in [-0.2, 0) is 4.79 Å². The number of nitrogens with zero attached hydrogens (tertiary/aromatic N) is 1. The van der Waals surface area contributed by atoms with Gasteiger partial charge in [-0.15, -0.1) is 0 Å². The second-order valence-electron chi connectivity index (χ2n) is 5.32. The topological polar surface area (TPSA) is 90.7 Å². The van der Waals surface area contributed by atoms with Gasteiger partial charge in [-0.25, -0.2) is 0 Å². The van der Waals surface area contributed by atoms with Crippen LogP contribution >= 0.6 is 15.9 Å². The second kappa shape index (κ2) is 7.98. The van der Waals surface area contributed by atoms with Crippen LogP contribution in [0.5, 0.6) is 11.5 Å². The van der Waals surface area contributed by atoms with Crippen LogP contribution in [0.25, 0.3) is 0 Å². The Morgan fingerprint density at radius 3 is 2.60 bits per heavy atom. The first-order valence-electron chi connectivity index (χ1n) is 7.38. The molecule has 0 unspecified atom stereocenters. The highest BCUT2D eigenvalue weighted by Crippen LogP contribution is 2.32. The molecule has 8 heteroatoms. The van der Waals surface area contributed by atoms with E-state index in [0.717, 1.165) is 10.0 Å². The van der Waals surface area contributed by atoms with E-state index in [4.69, 9.17) is 9.47 Å². The molecule has 2 rings (SSSR count). The number of hydrogen-bond acceptors (Lipinski definition) is 5. The van der Waals surface area contributed by atoms with Gasteiger partial charge in [0.05, 0.1) is 23.8 Å². The minimum absolute atomic E-state index is 0.00331. The molecule has 0 saturated heterocycles. The third-order valence-corrected chi connectivity index (χ3v) is 4.07. The zero-order valence-electron chi connectivity index (χ0n) is 13.9. The lowest BCUT2D eigenvalue weighted by Gasteiger charge is -2.16. The quantitative estimate of drug-likeness (QED) is 0.574. The van der Waals surface area contributed by atoms with Gasteiger partial charge in [0.25, 0.3) is 5.91 Å². The van der Waals surface area contributed by atoms with E-state index >= 15 is 0 Å². The minimum atomic E-state index is -0.930. The van der Waals surface area contributed by atoms with Gasteiger partial charge in [0.1, 0.15) is 5.75 Å². The summed E-state index contributed by atoms with van der Waals surface area (Å²) in [6, 6.07) is 9.68. The Kier molecular flexibility index (Phi) is 5.97. The summed E-state index contributed by atoms with van der Waals surface area (Å²) >= 11 is 3.38. The van der Waals surface area contributed by atoms with Crippen LogP contribution < -0.4 is 14.8 Å². The van der Waals surface area contributed by atoms with Crippen molar-refractivity contribution in [3.8, 4) is 11.5 Å². The summed E-state index contributed by atoms with van der Waals surface area (Å²) < 4.78 is 11.2. The van der Waals surface area contributed by atoms with Crippen LogP contribution in [-0.4, -0.2) is 24.0 Å². The number of nitro benzene ring substituents is 1. The zero-order valence-corrected chi connectivity index (χ0v) is 15.5. The summed E-state index contributed by atoms with van der Waals surface area (Å²) in [5.41, 5.74) is 1.37. The molecule has 0 aliphatic rings. The van der Waals surface area contributed by atoms with E-state index in [1.165, 1.54) is 32.2 Å². The van der Waals surface area contributed by atoms with Gasteiger partial charge in [-0.2, -0.15) is 0 Å². The van der Waals surface area contributed by atoms with Crippen molar-refractivity contribution in [2.24, 2.45) is 0 Å². The highest BCUT2D eigenvalue weighted by Gasteiger charge is 2.22. The fraction of sp³-hybridized carbons (Fsp3) is 0.235. The molecule has 0 radical (unpaired) electrons. The number of halogens is 1. The molecule has 0 heterocycles. The Balaban J connectivity index is 2.14. The maximum absolute atomic E-state index is 12.3. The molecule has 1 atom stereocenters. The Morgan fingerprint density at radius 1 is 1.28 bits per heavy atom. The normalized spacial score (nSPS) is 11.5. The number of hydrogen-bond donors (Lipinski definition) is 1. The van der Waals surface area contributed by atoms with Crippen molar-refractivity contribution in [3.05, 3.63) is 56.5 Å². The van der Waals surface area contributed by atoms with E-state index in [0.29, 0.717) is 11.4 Å². The number of carbonyl (C=O) groups is 1. The van der Waals surface area contributed by atoms with E-state index in [2.05, 4.69) is 21.2 Å². The lowest BCUT2D eigenvalue weighted by molar-refractivity contribution is -0.386. The van der Waals surface area contributed by atoms with Gasteiger partial charge in [-0.3, -0.25) is 14.9 Å². The minimum Gasteiger partial charge on any atom is -0.496 e. The number of nitro groups is 1. The van der Waals surface area contributed by atoms with Crippen molar-refractivity contribution < 1.29 is 19.2 Å². The summed E-state index contributed by atoms with van der Waals surface area (Å²) in [4.78, 5) is 22.9. The first-order valence-corrected chi connectivity index (χ1v) is 8.17. The number of benzene rings is 2. The van der Waals surface area contributed by atoms with E-state index in [-0.39, 0.29) is 11.4 Å². The van der Waals surface area contributed by atoms with Crippen molar-refractivity contribution in [2.45, 2.75) is 20.0 Å². The lowest BCUT2D eigenvalue weighted by atomic mass is 10.2. The van der Waals surface area contributed by atoms with Crippen molar-refractivity contribution in [1.82, 2.24) is 0 Å². The van der Waals surface area contributed by atoms with Crippen LogP contribution in [0.15, 0.2) is 40.9 Å². The third-order valence-electron chi connectivity index (χ3n) is 3.42.